The van der Waals surface area contributed by atoms with E-state index < -0.39 is 9.84 Å². The SMILES string of the molecule is CC(C)N(CCCCl)c1ncccc1S(C)(=O)=O. The van der Waals surface area contributed by atoms with Gasteiger partial charge in [-0.25, -0.2) is 13.4 Å². The average molecular weight is 291 g/mol. The summed E-state index contributed by atoms with van der Waals surface area (Å²) in [6.07, 6.45) is 3.60. The summed E-state index contributed by atoms with van der Waals surface area (Å²) in [4.78, 5) is 6.47. The van der Waals surface area contributed by atoms with Gasteiger partial charge < -0.3 is 4.90 Å². The molecule has 0 unspecified atom stereocenters. The van der Waals surface area contributed by atoms with Crippen molar-refractivity contribution < 1.29 is 8.42 Å². The third kappa shape index (κ3) is 3.85. The second-order valence-corrected chi connectivity index (χ2v) is 6.79. The van der Waals surface area contributed by atoms with E-state index in [1.165, 1.54) is 6.26 Å². The monoisotopic (exact) mass is 290 g/mol. The number of rotatable bonds is 6. The van der Waals surface area contributed by atoms with Gasteiger partial charge in [-0.2, -0.15) is 0 Å². The standard InChI is InChI=1S/C12H19ClN2O2S/c1-10(2)15(9-5-7-13)12-11(18(3,16)17)6-4-8-14-12/h4,6,8,10H,5,7,9H2,1-3H3. The molecular formula is C12H19ClN2O2S. The van der Waals surface area contributed by atoms with Crippen LogP contribution in [0.5, 0.6) is 0 Å². The molecule has 0 atom stereocenters. The fraction of sp³-hybridized carbons (Fsp3) is 0.583. The van der Waals surface area contributed by atoms with Gasteiger partial charge in [-0.05, 0) is 32.4 Å². The lowest BCUT2D eigenvalue weighted by molar-refractivity contribution is 0.598. The average Bonchev–Trinajstić information content (AvgIpc) is 2.28. The fourth-order valence-corrected chi connectivity index (χ4v) is 2.67. The van der Waals surface area contributed by atoms with Crippen LogP contribution in [0.3, 0.4) is 0 Å². The Bertz CT molecular complexity index is 489. The smallest absolute Gasteiger partial charge is 0.179 e. The molecular weight excluding hydrogens is 272 g/mol. The Hall–Kier alpha value is -0.810. The maximum absolute atomic E-state index is 11.8. The van der Waals surface area contributed by atoms with Crippen LogP contribution in [0.4, 0.5) is 5.82 Å². The van der Waals surface area contributed by atoms with E-state index >= 15 is 0 Å². The van der Waals surface area contributed by atoms with Gasteiger partial charge in [-0.3, -0.25) is 0 Å². The number of aromatic nitrogens is 1. The number of hydrogen-bond donors (Lipinski definition) is 0. The zero-order chi connectivity index (χ0) is 13.8. The summed E-state index contributed by atoms with van der Waals surface area (Å²) < 4.78 is 23.5. The minimum atomic E-state index is -3.27. The molecule has 0 spiro atoms. The largest absolute Gasteiger partial charge is 0.353 e. The van der Waals surface area contributed by atoms with Gasteiger partial charge in [0.25, 0.3) is 0 Å². The lowest BCUT2D eigenvalue weighted by Crippen LogP contribution is -2.33. The number of sulfone groups is 1. The van der Waals surface area contributed by atoms with E-state index in [2.05, 4.69) is 4.98 Å². The first-order chi connectivity index (χ1) is 8.38. The van der Waals surface area contributed by atoms with Gasteiger partial charge in [-0.1, -0.05) is 0 Å². The molecule has 0 fully saturated rings. The van der Waals surface area contributed by atoms with Crippen molar-refractivity contribution in [3.63, 3.8) is 0 Å². The summed E-state index contributed by atoms with van der Waals surface area (Å²) in [5, 5.41) is 0. The first-order valence-electron chi connectivity index (χ1n) is 5.85. The molecule has 4 nitrogen and oxygen atoms in total. The molecule has 1 aromatic heterocycles. The van der Waals surface area contributed by atoms with Crippen molar-refractivity contribution in [2.24, 2.45) is 0 Å². The van der Waals surface area contributed by atoms with E-state index in [0.717, 1.165) is 6.42 Å². The molecule has 0 amide bonds. The third-order valence-electron chi connectivity index (χ3n) is 2.58. The molecule has 0 bridgehead atoms. The number of halogens is 1. The molecule has 18 heavy (non-hydrogen) atoms. The zero-order valence-electron chi connectivity index (χ0n) is 10.9. The Morgan fingerprint density at radius 2 is 2.11 bits per heavy atom. The van der Waals surface area contributed by atoms with Crippen molar-refractivity contribution in [3.05, 3.63) is 18.3 Å². The van der Waals surface area contributed by atoms with Crippen LogP contribution in [0.2, 0.25) is 0 Å². The Morgan fingerprint density at radius 1 is 1.44 bits per heavy atom. The summed E-state index contributed by atoms with van der Waals surface area (Å²) >= 11 is 5.70. The molecule has 0 saturated heterocycles. The molecule has 0 aromatic carbocycles. The van der Waals surface area contributed by atoms with Gasteiger partial charge in [0.2, 0.25) is 0 Å². The second-order valence-electron chi connectivity index (χ2n) is 4.43. The van der Waals surface area contributed by atoms with Crippen LogP contribution in [-0.4, -0.2) is 38.1 Å². The molecule has 6 heteroatoms. The van der Waals surface area contributed by atoms with Crippen molar-refractivity contribution in [2.45, 2.75) is 31.2 Å². The van der Waals surface area contributed by atoms with Crippen LogP contribution < -0.4 is 4.90 Å². The van der Waals surface area contributed by atoms with Crippen LogP contribution in [-0.2, 0) is 9.84 Å². The Kier molecular flexibility index (Phi) is 5.41. The number of nitrogens with zero attached hydrogens (tertiary/aromatic N) is 2. The van der Waals surface area contributed by atoms with Crippen molar-refractivity contribution in [1.82, 2.24) is 4.98 Å². The lowest BCUT2D eigenvalue weighted by atomic mass is 10.3. The first kappa shape index (κ1) is 15.2. The highest BCUT2D eigenvalue weighted by atomic mass is 35.5. The molecule has 1 heterocycles. The number of pyridine rings is 1. The maximum Gasteiger partial charge on any atom is 0.179 e. The lowest BCUT2D eigenvalue weighted by Gasteiger charge is -2.29. The van der Waals surface area contributed by atoms with Crippen LogP contribution in [0.25, 0.3) is 0 Å². The molecule has 0 aliphatic heterocycles. The Morgan fingerprint density at radius 3 is 2.61 bits per heavy atom. The van der Waals surface area contributed by atoms with Crippen molar-refractivity contribution in [1.29, 1.82) is 0 Å². The second kappa shape index (κ2) is 6.38. The number of alkyl halides is 1. The van der Waals surface area contributed by atoms with E-state index in [4.69, 9.17) is 11.6 Å². The number of anilines is 1. The van der Waals surface area contributed by atoms with E-state index in [0.29, 0.717) is 18.2 Å². The molecule has 102 valence electrons. The highest BCUT2D eigenvalue weighted by Crippen LogP contribution is 2.24. The third-order valence-corrected chi connectivity index (χ3v) is 3.96. The first-order valence-corrected chi connectivity index (χ1v) is 8.28. The normalized spacial score (nSPS) is 11.8. The van der Waals surface area contributed by atoms with E-state index in [1.54, 1.807) is 18.3 Å². The summed E-state index contributed by atoms with van der Waals surface area (Å²) in [5.41, 5.74) is 0. The molecule has 0 N–H and O–H groups in total. The predicted octanol–water partition coefficient (Wildman–Crippen LogP) is 2.33. The van der Waals surface area contributed by atoms with E-state index in [-0.39, 0.29) is 10.9 Å². The summed E-state index contributed by atoms with van der Waals surface area (Å²) in [5.74, 6) is 1.06. The summed E-state index contributed by atoms with van der Waals surface area (Å²) in [6.45, 7) is 4.71. The van der Waals surface area contributed by atoms with Crippen LogP contribution in [0.15, 0.2) is 23.2 Å². The maximum atomic E-state index is 11.8. The van der Waals surface area contributed by atoms with Crippen molar-refractivity contribution in [2.75, 3.05) is 23.6 Å². The zero-order valence-corrected chi connectivity index (χ0v) is 12.5. The van der Waals surface area contributed by atoms with Gasteiger partial charge in [-0.15, -0.1) is 11.6 Å². The van der Waals surface area contributed by atoms with Crippen molar-refractivity contribution >= 4 is 27.3 Å². The highest BCUT2D eigenvalue weighted by Gasteiger charge is 2.20. The minimum Gasteiger partial charge on any atom is -0.353 e. The van der Waals surface area contributed by atoms with Crippen LogP contribution in [0.1, 0.15) is 20.3 Å². The van der Waals surface area contributed by atoms with Gasteiger partial charge >= 0.3 is 0 Å². The predicted molar refractivity (Wildman–Crippen MR) is 75.2 cm³/mol. The molecule has 1 rings (SSSR count). The summed E-state index contributed by atoms with van der Waals surface area (Å²) in [7, 11) is -3.27. The van der Waals surface area contributed by atoms with Crippen LogP contribution in [0, 0.1) is 0 Å². The van der Waals surface area contributed by atoms with E-state index in [9.17, 15) is 8.42 Å². The molecule has 0 radical (unpaired) electrons. The Balaban J connectivity index is 3.20. The van der Waals surface area contributed by atoms with Gasteiger partial charge in [0, 0.05) is 30.9 Å². The van der Waals surface area contributed by atoms with Gasteiger partial charge in [0.1, 0.15) is 10.7 Å². The summed E-state index contributed by atoms with van der Waals surface area (Å²) in [6, 6.07) is 3.40. The topological polar surface area (TPSA) is 50.3 Å². The number of hydrogen-bond acceptors (Lipinski definition) is 4. The van der Waals surface area contributed by atoms with Crippen molar-refractivity contribution in [3.8, 4) is 0 Å². The van der Waals surface area contributed by atoms with E-state index in [1.807, 2.05) is 18.7 Å². The molecule has 0 aliphatic carbocycles. The quantitative estimate of drug-likeness (QED) is 0.755. The molecule has 0 aliphatic rings. The highest BCUT2D eigenvalue weighted by molar-refractivity contribution is 7.90. The molecule has 1 aromatic rings. The van der Waals surface area contributed by atoms with Gasteiger partial charge in [0.15, 0.2) is 9.84 Å². The molecule has 0 saturated carbocycles. The Labute approximate surface area is 114 Å². The minimum absolute atomic E-state index is 0.170. The van der Waals surface area contributed by atoms with Crippen LogP contribution >= 0.6 is 11.6 Å². The fourth-order valence-electron chi connectivity index (χ4n) is 1.73. The van der Waals surface area contributed by atoms with Gasteiger partial charge in [0.05, 0.1) is 0 Å².